The quantitative estimate of drug-likeness (QED) is 0.594. The number of halogens is 1. The lowest BCUT2D eigenvalue weighted by atomic mass is 10.2. The van der Waals surface area contributed by atoms with Crippen molar-refractivity contribution < 1.29 is 18.7 Å². The fraction of sp³-hybridized carbons (Fsp3) is 0.182. The van der Waals surface area contributed by atoms with E-state index in [1.807, 2.05) is 30.3 Å². The Morgan fingerprint density at radius 3 is 2.57 bits per heavy atom. The van der Waals surface area contributed by atoms with E-state index in [0.29, 0.717) is 24.6 Å². The molecule has 2 aromatic carbocycles. The molecule has 0 radical (unpaired) electrons. The summed E-state index contributed by atoms with van der Waals surface area (Å²) in [5.74, 6) is -0.0653. The predicted molar refractivity (Wildman–Crippen MR) is 104 cm³/mol. The molecular weight excluding hydrogens is 359 g/mol. The van der Waals surface area contributed by atoms with Gasteiger partial charge in [0.05, 0.1) is 6.54 Å². The summed E-state index contributed by atoms with van der Waals surface area (Å²) in [4.78, 5) is 18.3. The Balaban J connectivity index is 1.53. The van der Waals surface area contributed by atoms with Crippen LogP contribution in [0.5, 0.6) is 11.6 Å². The molecule has 0 unspecified atom stereocenters. The fourth-order valence-corrected chi connectivity index (χ4v) is 2.53. The maximum absolute atomic E-state index is 13.6. The highest BCUT2D eigenvalue weighted by Crippen LogP contribution is 2.16. The zero-order chi connectivity index (χ0) is 19.8. The standard InChI is InChI=1S/C22H21FN2O3/c1-25(13-14-27-20-10-6-5-9-19(20)23)22(26)18-11-12-24-21(15-18)28-16-17-7-3-2-4-8-17/h2-12,15H,13-14,16H2,1H3. The van der Waals surface area contributed by atoms with Crippen LogP contribution in [-0.2, 0) is 6.61 Å². The van der Waals surface area contributed by atoms with Gasteiger partial charge in [0.25, 0.3) is 5.91 Å². The average molecular weight is 380 g/mol. The Hall–Kier alpha value is -3.41. The van der Waals surface area contributed by atoms with Gasteiger partial charge in [-0.3, -0.25) is 4.79 Å². The number of benzene rings is 2. The van der Waals surface area contributed by atoms with Crippen molar-refractivity contribution in [3.63, 3.8) is 0 Å². The van der Waals surface area contributed by atoms with Crippen molar-refractivity contribution in [3.05, 3.63) is 89.9 Å². The third-order valence-corrected chi connectivity index (χ3v) is 4.08. The topological polar surface area (TPSA) is 51.7 Å². The monoisotopic (exact) mass is 380 g/mol. The minimum absolute atomic E-state index is 0.170. The number of likely N-dealkylation sites (N-methyl/N-ethyl adjacent to an activating group) is 1. The first-order valence-electron chi connectivity index (χ1n) is 8.89. The average Bonchev–Trinajstić information content (AvgIpc) is 2.74. The van der Waals surface area contributed by atoms with Gasteiger partial charge in [-0.25, -0.2) is 9.37 Å². The third-order valence-electron chi connectivity index (χ3n) is 4.08. The van der Waals surface area contributed by atoms with Gasteiger partial charge in [-0.05, 0) is 23.8 Å². The van der Waals surface area contributed by atoms with Crippen LogP contribution >= 0.6 is 0 Å². The van der Waals surface area contributed by atoms with E-state index < -0.39 is 5.82 Å². The molecule has 0 atom stereocenters. The number of hydrogen-bond acceptors (Lipinski definition) is 4. The molecule has 6 heteroatoms. The molecule has 0 aliphatic carbocycles. The number of para-hydroxylation sites is 1. The number of carbonyl (C=O) groups excluding carboxylic acids is 1. The summed E-state index contributed by atoms with van der Waals surface area (Å²) in [7, 11) is 1.66. The zero-order valence-corrected chi connectivity index (χ0v) is 15.5. The second-order valence-corrected chi connectivity index (χ2v) is 6.16. The number of ether oxygens (including phenoxy) is 2. The van der Waals surface area contributed by atoms with Gasteiger partial charge in [0, 0.05) is 24.9 Å². The molecule has 3 aromatic rings. The van der Waals surface area contributed by atoms with Gasteiger partial charge >= 0.3 is 0 Å². The number of nitrogens with zero attached hydrogens (tertiary/aromatic N) is 2. The summed E-state index contributed by atoms with van der Waals surface area (Å²) in [5, 5.41) is 0. The SMILES string of the molecule is CN(CCOc1ccccc1F)C(=O)c1ccnc(OCc2ccccc2)c1. The maximum atomic E-state index is 13.6. The van der Waals surface area contributed by atoms with Crippen molar-refractivity contribution in [2.24, 2.45) is 0 Å². The van der Waals surface area contributed by atoms with E-state index in [2.05, 4.69) is 4.98 Å². The first-order valence-corrected chi connectivity index (χ1v) is 8.89. The van der Waals surface area contributed by atoms with Crippen LogP contribution in [0.15, 0.2) is 72.9 Å². The molecule has 28 heavy (non-hydrogen) atoms. The van der Waals surface area contributed by atoms with Crippen LogP contribution in [0.2, 0.25) is 0 Å². The first-order chi connectivity index (χ1) is 13.6. The van der Waals surface area contributed by atoms with Gasteiger partial charge in [0.2, 0.25) is 5.88 Å². The molecule has 0 saturated carbocycles. The smallest absolute Gasteiger partial charge is 0.253 e. The molecule has 0 aliphatic heterocycles. The Labute approximate surface area is 163 Å². The molecule has 0 saturated heterocycles. The number of aromatic nitrogens is 1. The maximum Gasteiger partial charge on any atom is 0.253 e. The van der Waals surface area contributed by atoms with Crippen molar-refractivity contribution >= 4 is 5.91 Å². The van der Waals surface area contributed by atoms with Crippen LogP contribution in [0.4, 0.5) is 4.39 Å². The molecule has 0 fully saturated rings. The zero-order valence-electron chi connectivity index (χ0n) is 15.5. The van der Waals surface area contributed by atoms with Gasteiger partial charge in [0.1, 0.15) is 13.2 Å². The lowest BCUT2D eigenvalue weighted by Gasteiger charge is -2.18. The Morgan fingerprint density at radius 1 is 1.04 bits per heavy atom. The van der Waals surface area contributed by atoms with Crippen molar-refractivity contribution in [2.45, 2.75) is 6.61 Å². The lowest BCUT2D eigenvalue weighted by molar-refractivity contribution is 0.0772. The Kier molecular flexibility index (Phi) is 6.57. The lowest BCUT2D eigenvalue weighted by Crippen LogP contribution is -2.31. The first kappa shape index (κ1) is 19.4. The predicted octanol–water partition coefficient (Wildman–Crippen LogP) is 3.95. The minimum atomic E-state index is -0.425. The van der Waals surface area contributed by atoms with Crippen LogP contribution in [0.25, 0.3) is 0 Å². The highest BCUT2D eigenvalue weighted by Gasteiger charge is 2.13. The van der Waals surface area contributed by atoms with Gasteiger partial charge in [0.15, 0.2) is 11.6 Å². The van der Waals surface area contributed by atoms with Crippen molar-refractivity contribution in [1.29, 1.82) is 0 Å². The van der Waals surface area contributed by atoms with Crippen molar-refractivity contribution in [1.82, 2.24) is 9.88 Å². The van der Waals surface area contributed by atoms with Gasteiger partial charge in [-0.1, -0.05) is 42.5 Å². The van der Waals surface area contributed by atoms with E-state index in [-0.39, 0.29) is 18.3 Å². The highest BCUT2D eigenvalue weighted by atomic mass is 19.1. The number of hydrogen-bond donors (Lipinski definition) is 0. The molecule has 0 bridgehead atoms. The van der Waals surface area contributed by atoms with Crippen LogP contribution in [0, 0.1) is 5.82 Å². The molecule has 0 N–H and O–H groups in total. The molecule has 0 spiro atoms. The van der Waals surface area contributed by atoms with Crippen LogP contribution in [-0.4, -0.2) is 36.0 Å². The fourth-order valence-electron chi connectivity index (χ4n) is 2.53. The van der Waals surface area contributed by atoms with E-state index in [1.165, 1.54) is 17.2 Å². The Morgan fingerprint density at radius 2 is 1.79 bits per heavy atom. The summed E-state index contributed by atoms with van der Waals surface area (Å²) in [6, 6.07) is 19.1. The molecule has 0 aliphatic rings. The molecule has 1 heterocycles. The number of pyridine rings is 1. The van der Waals surface area contributed by atoms with Crippen molar-refractivity contribution in [3.8, 4) is 11.6 Å². The van der Waals surface area contributed by atoms with Crippen LogP contribution < -0.4 is 9.47 Å². The van der Waals surface area contributed by atoms with Crippen molar-refractivity contribution in [2.75, 3.05) is 20.2 Å². The summed E-state index contributed by atoms with van der Waals surface area (Å²) in [6.07, 6.45) is 1.54. The van der Waals surface area contributed by atoms with Crippen LogP contribution in [0.3, 0.4) is 0 Å². The van der Waals surface area contributed by atoms with Crippen LogP contribution in [0.1, 0.15) is 15.9 Å². The molecule has 144 valence electrons. The number of rotatable bonds is 8. The third kappa shape index (κ3) is 5.30. The second-order valence-electron chi connectivity index (χ2n) is 6.16. The summed E-state index contributed by atoms with van der Waals surface area (Å²) < 4.78 is 24.6. The number of amides is 1. The number of carbonyl (C=O) groups is 1. The van der Waals surface area contributed by atoms with E-state index in [1.54, 1.807) is 37.4 Å². The minimum Gasteiger partial charge on any atom is -0.489 e. The normalized spacial score (nSPS) is 10.4. The summed E-state index contributed by atoms with van der Waals surface area (Å²) in [5.41, 5.74) is 1.48. The van der Waals surface area contributed by atoms with E-state index in [9.17, 15) is 9.18 Å². The summed E-state index contributed by atoms with van der Waals surface area (Å²) in [6.45, 7) is 0.874. The molecular formula is C22H21FN2O3. The molecule has 1 aromatic heterocycles. The second kappa shape index (κ2) is 9.50. The molecule has 1 amide bonds. The summed E-state index contributed by atoms with van der Waals surface area (Å²) >= 11 is 0. The Bertz CT molecular complexity index is 918. The van der Waals surface area contributed by atoms with Gasteiger partial charge in [-0.2, -0.15) is 0 Å². The molecule has 5 nitrogen and oxygen atoms in total. The molecule has 3 rings (SSSR count). The van der Waals surface area contributed by atoms with E-state index in [0.717, 1.165) is 5.56 Å². The largest absolute Gasteiger partial charge is 0.489 e. The van der Waals surface area contributed by atoms with E-state index in [4.69, 9.17) is 9.47 Å². The highest BCUT2D eigenvalue weighted by molar-refractivity contribution is 5.94. The van der Waals surface area contributed by atoms with Gasteiger partial charge in [-0.15, -0.1) is 0 Å². The van der Waals surface area contributed by atoms with E-state index >= 15 is 0 Å². The van der Waals surface area contributed by atoms with Gasteiger partial charge < -0.3 is 14.4 Å².